The molecule has 3 aromatic carbocycles. The first-order valence-electron chi connectivity index (χ1n) is 12.2. The van der Waals surface area contributed by atoms with Gasteiger partial charge in [0.05, 0.1) is 37.9 Å². The first-order valence-corrected chi connectivity index (χ1v) is 12.2. The first kappa shape index (κ1) is 26.1. The van der Waals surface area contributed by atoms with Crippen molar-refractivity contribution in [3.05, 3.63) is 101 Å². The molecule has 1 amide bonds. The van der Waals surface area contributed by atoms with E-state index in [0.717, 1.165) is 26.2 Å². The van der Waals surface area contributed by atoms with Crippen LogP contribution in [0.4, 0.5) is 5.69 Å². The lowest BCUT2D eigenvalue weighted by Crippen LogP contribution is -2.49. The fourth-order valence-electron chi connectivity index (χ4n) is 4.64. The Morgan fingerprint density at radius 1 is 0.757 bits per heavy atom. The van der Waals surface area contributed by atoms with Gasteiger partial charge in [0.15, 0.2) is 0 Å². The molecule has 0 saturated carbocycles. The molecule has 0 atom stereocenters. The third-order valence-corrected chi connectivity index (χ3v) is 6.43. The summed E-state index contributed by atoms with van der Waals surface area (Å²) in [6, 6.07) is 25.4. The second kappa shape index (κ2) is 12.3. The van der Waals surface area contributed by atoms with E-state index in [9.17, 15) is 14.4 Å². The number of nitrogens with zero attached hydrogens (tertiary/aromatic N) is 2. The largest absolute Gasteiger partial charge is 0.465 e. The number of piperazine rings is 1. The Morgan fingerprint density at radius 3 is 1.70 bits per heavy atom. The van der Waals surface area contributed by atoms with Crippen molar-refractivity contribution in [2.45, 2.75) is 6.04 Å². The highest BCUT2D eigenvalue weighted by atomic mass is 16.5. The normalized spacial score (nSPS) is 14.2. The van der Waals surface area contributed by atoms with E-state index in [-0.39, 0.29) is 29.6 Å². The van der Waals surface area contributed by atoms with Crippen LogP contribution >= 0.6 is 0 Å². The molecule has 1 heterocycles. The zero-order chi connectivity index (χ0) is 26.2. The predicted molar refractivity (Wildman–Crippen MR) is 140 cm³/mol. The molecular formula is C29H31N3O5. The van der Waals surface area contributed by atoms with Crippen molar-refractivity contribution in [3.8, 4) is 0 Å². The Morgan fingerprint density at radius 2 is 1.24 bits per heavy atom. The average molecular weight is 502 g/mol. The van der Waals surface area contributed by atoms with Gasteiger partial charge in [0.1, 0.15) is 0 Å². The topological polar surface area (TPSA) is 88.2 Å². The van der Waals surface area contributed by atoms with Crippen LogP contribution < -0.4 is 5.32 Å². The van der Waals surface area contributed by atoms with E-state index in [2.05, 4.69) is 63.6 Å². The second-order valence-electron chi connectivity index (χ2n) is 8.87. The van der Waals surface area contributed by atoms with E-state index in [0.29, 0.717) is 5.69 Å². The van der Waals surface area contributed by atoms with Crippen molar-refractivity contribution >= 4 is 23.5 Å². The van der Waals surface area contributed by atoms with Crippen LogP contribution in [0.2, 0.25) is 0 Å². The molecule has 37 heavy (non-hydrogen) atoms. The molecule has 0 spiro atoms. The highest BCUT2D eigenvalue weighted by Gasteiger charge is 2.27. The summed E-state index contributed by atoms with van der Waals surface area (Å²) in [7, 11) is 2.51. The lowest BCUT2D eigenvalue weighted by Gasteiger charge is -2.39. The zero-order valence-corrected chi connectivity index (χ0v) is 21.1. The number of anilines is 1. The number of hydrogen-bond donors (Lipinski definition) is 1. The smallest absolute Gasteiger partial charge is 0.337 e. The number of ether oxygens (including phenoxy) is 2. The monoisotopic (exact) mass is 501 g/mol. The standard InChI is InChI=1S/C29H31N3O5/c1-36-28(34)23-17-24(29(35)37-2)19-25(18-23)30-26(33)20-31-13-15-32(16-14-31)27(21-9-5-3-6-10-21)22-11-7-4-8-12-22/h3-12,17-19,27H,13-16,20H2,1-2H3,(H,30,33). The Balaban J connectivity index is 1.40. The van der Waals surface area contributed by atoms with Crippen molar-refractivity contribution in [3.63, 3.8) is 0 Å². The highest BCUT2D eigenvalue weighted by molar-refractivity contribution is 5.99. The minimum atomic E-state index is -0.608. The SMILES string of the molecule is COC(=O)c1cc(NC(=O)CN2CCN(C(c3ccccc3)c3ccccc3)CC2)cc(C(=O)OC)c1. The number of amides is 1. The van der Waals surface area contributed by atoms with Crippen LogP contribution in [0, 0.1) is 0 Å². The fraction of sp³-hybridized carbons (Fsp3) is 0.276. The average Bonchev–Trinajstić information content (AvgIpc) is 2.94. The maximum atomic E-state index is 12.8. The molecule has 1 fully saturated rings. The van der Waals surface area contributed by atoms with Crippen LogP contribution in [-0.4, -0.2) is 74.6 Å². The highest BCUT2D eigenvalue weighted by Crippen LogP contribution is 2.29. The first-order chi connectivity index (χ1) is 18.0. The maximum Gasteiger partial charge on any atom is 0.337 e. The van der Waals surface area contributed by atoms with Gasteiger partial charge < -0.3 is 14.8 Å². The Kier molecular flexibility index (Phi) is 8.66. The lowest BCUT2D eigenvalue weighted by molar-refractivity contribution is -0.117. The molecule has 0 unspecified atom stereocenters. The van der Waals surface area contributed by atoms with Gasteiger partial charge in [0.25, 0.3) is 0 Å². The summed E-state index contributed by atoms with van der Waals surface area (Å²) in [6.07, 6.45) is 0. The van der Waals surface area contributed by atoms with Gasteiger partial charge >= 0.3 is 11.9 Å². The van der Waals surface area contributed by atoms with Crippen molar-refractivity contribution in [1.29, 1.82) is 0 Å². The summed E-state index contributed by atoms with van der Waals surface area (Å²) in [5, 5.41) is 2.80. The van der Waals surface area contributed by atoms with Crippen LogP contribution in [0.15, 0.2) is 78.9 Å². The summed E-state index contributed by atoms with van der Waals surface area (Å²) in [5.41, 5.74) is 3.13. The van der Waals surface area contributed by atoms with Gasteiger partial charge in [-0.15, -0.1) is 0 Å². The molecule has 3 aromatic rings. The number of methoxy groups -OCH3 is 2. The van der Waals surface area contributed by atoms with Crippen LogP contribution in [0.1, 0.15) is 37.9 Å². The Bertz CT molecular complexity index is 1150. The fourth-order valence-corrected chi connectivity index (χ4v) is 4.64. The van der Waals surface area contributed by atoms with E-state index < -0.39 is 11.9 Å². The molecule has 8 heteroatoms. The third kappa shape index (κ3) is 6.61. The van der Waals surface area contributed by atoms with Gasteiger partial charge in [0, 0.05) is 31.9 Å². The summed E-state index contributed by atoms with van der Waals surface area (Å²) in [4.78, 5) is 41.4. The molecule has 8 nitrogen and oxygen atoms in total. The minimum Gasteiger partial charge on any atom is -0.465 e. The molecule has 4 rings (SSSR count). The molecule has 0 radical (unpaired) electrons. The van der Waals surface area contributed by atoms with Crippen LogP contribution in [0.5, 0.6) is 0 Å². The maximum absolute atomic E-state index is 12.8. The number of hydrogen-bond acceptors (Lipinski definition) is 7. The van der Waals surface area contributed by atoms with Gasteiger partial charge in [-0.1, -0.05) is 60.7 Å². The Hall–Kier alpha value is -4.01. The van der Waals surface area contributed by atoms with Crippen LogP contribution in [0.3, 0.4) is 0 Å². The van der Waals surface area contributed by atoms with E-state index in [1.165, 1.54) is 43.5 Å². The molecule has 0 aromatic heterocycles. The van der Waals surface area contributed by atoms with Crippen molar-refractivity contribution in [2.24, 2.45) is 0 Å². The number of carbonyl (C=O) groups excluding carboxylic acids is 3. The zero-order valence-electron chi connectivity index (χ0n) is 21.1. The van der Waals surface area contributed by atoms with Gasteiger partial charge in [-0.05, 0) is 29.3 Å². The number of benzene rings is 3. The molecule has 1 N–H and O–H groups in total. The summed E-state index contributed by atoms with van der Waals surface area (Å²) >= 11 is 0. The number of esters is 2. The van der Waals surface area contributed by atoms with E-state index in [1.807, 2.05) is 12.1 Å². The quantitative estimate of drug-likeness (QED) is 0.472. The van der Waals surface area contributed by atoms with Gasteiger partial charge in [-0.3, -0.25) is 14.6 Å². The molecule has 0 bridgehead atoms. The molecule has 1 aliphatic heterocycles. The van der Waals surface area contributed by atoms with E-state index in [4.69, 9.17) is 9.47 Å². The van der Waals surface area contributed by atoms with Crippen molar-refractivity contribution in [1.82, 2.24) is 9.80 Å². The van der Waals surface area contributed by atoms with Crippen molar-refractivity contribution < 1.29 is 23.9 Å². The molecular weight excluding hydrogens is 470 g/mol. The molecule has 1 aliphatic rings. The van der Waals surface area contributed by atoms with Crippen LogP contribution in [0.25, 0.3) is 0 Å². The minimum absolute atomic E-state index is 0.149. The van der Waals surface area contributed by atoms with Crippen LogP contribution in [-0.2, 0) is 14.3 Å². The van der Waals surface area contributed by atoms with E-state index >= 15 is 0 Å². The van der Waals surface area contributed by atoms with Crippen molar-refractivity contribution in [2.75, 3.05) is 52.3 Å². The van der Waals surface area contributed by atoms with Gasteiger partial charge in [-0.25, -0.2) is 9.59 Å². The predicted octanol–water partition coefficient (Wildman–Crippen LogP) is 3.61. The Labute approximate surface area is 216 Å². The number of rotatable bonds is 8. The molecule has 1 saturated heterocycles. The summed E-state index contributed by atoms with van der Waals surface area (Å²) in [5.74, 6) is -1.44. The third-order valence-electron chi connectivity index (χ3n) is 6.43. The number of nitrogens with one attached hydrogen (secondary N) is 1. The van der Waals surface area contributed by atoms with Gasteiger partial charge in [0.2, 0.25) is 5.91 Å². The molecule has 0 aliphatic carbocycles. The number of carbonyl (C=O) groups is 3. The van der Waals surface area contributed by atoms with Gasteiger partial charge in [-0.2, -0.15) is 0 Å². The lowest BCUT2D eigenvalue weighted by atomic mass is 9.96. The molecule has 192 valence electrons. The van der Waals surface area contributed by atoms with E-state index in [1.54, 1.807) is 0 Å². The second-order valence-corrected chi connectivity index (χ2v) is 8.87. The summed E-state index contributed by atoms with van der Waals surface area (Å²) < 4.78 is 9.53. The summed E-state index contributed by atoms with van der Waals surface area (Å²) in [6.45, 7) is 3.29.